The number of anilines is 2. The van der Waals surface area contributed by atoms with E-state index in [0.29, 0.717) is 29.4 Å². The van der Waals surface area contributed by atoms with Crippen LogP contribution in [0, 0.1) is 11.3 Å². The van der Waals surface area contributed by atoms with Crippen molar-refractivity contribution in [3.8, 4) is 17.5 Å². The first-order valence-corrected chi connectivity index (χ1v) is 9.23. The highest BCUT2D eigenvalue weighted by molar-refractivity contribution is 6.03. The molecular formula is C23H17N5O2. The molecule has 0 saturated heterocycles. The maximum absolute atomic E-state index is 12.9. The van der Waals surface area contributed by atoms with Crippen molar-refractivity contribution in [3.63, 3.8) is 0 Å². The van der Waals surface area contributed by atoms with Crippen LogP contribution < -0.4 is 10.6 Å². The van der Waals surface area contributed by atoms with Gasteiger partial charge in [-0.1, -0.05) is 36.4 Å². The molecular weight excluding hydrogens is 378 g/mol. The zero-order valence-corrected chi connectivity index (χ0v) is 15.9. The van der Waals surface area contributed by atoms with E-state index in [0.717, 1.165) is 11.3 Å². The normalized spacial score (nSPS) is 10.2. The molecule has 7 heteroatoms. The first-order chi connectivity index (χ1) is 14.7. The number of amides is 1. The predicted molar refractivity (Wildman–Crippen MR) is 113 cm³/mol. The van der Waals surface area contributed by atoms with Crippen LogP contribution in [0.4, 0.5) is 11.5 Å². The van der Waals surface area contributed by atoms with Crippen molar-refractivity contribution < 1.29 is 9.21 Å². The fraction of sp³-hybridized carbons (Fsp3) is 0.0435. The van der Waals surface area contributed by atoms with E-state index in [-0.39, 0.29) is 5.69 Å². The van der Waals surface area contributed by atoms with Crippen LogP contribution in [0.5, 0.6) is 0 Å². The van der Waals surface area contributed by atoms with Crippen molar-refractivity contribution in [3.05, 3.63) is 96.1 Å². The summed E-state index contributed by atoms with van der Waals surface area (Å²) in [5, 5.41) is 15.0. The van der Waals surface area contributed by atoms with Gasteiger partial charge < -0.3 is 15.1 Å². The zero-order valence-electron chi connectivity index (χ0n) is 15.9. The van der Waals surface area contributed by atoms with Gasteiger partial charge in [-0.2, -0.15) is 5.26 Å². The number of carbonyl (C=O) groups is 1. The first-order valence-electron chi connectivity index (χ1n) is 9.23. The third-order valence-electron chi connectivity index (χ3n) is 4.26. The van der Waals surface area contributed by atoms with Crippen molar-refractivity contribution in [2.24, 2.45) is 0 Å². The summed E-state index contributed by atoms with van der Waals surface area (Å²) in [5.74, 6) is 1.27. The van der Waals surface area contributed by atoms with Gasteiger partial charge in [0.15, 0.2) is 5.82 Å². The molecule has 0 fully saturated rings. The van der Waals surface area contributed by atoms with Crippen molar-refractivity contribution in [2.45, 2.75) is 6.54 Å². The fourth-order valence-electron chi connectivity index (χ4n) is 2.82. The number of furan rings is 1. The maximum Gasteiger partial charge on any atom is 0.274 e. The Balaban J connectivity index is 1.64. The molecule has 2 aromatic heterocycles. The minimum atomic E-state index is -0.397. The van der Waals surface area contributed by atoms with Crippen LogP contribution in [0.15, 0.2) is 83.5 Å². The molecule has 0 saturated carbocycles. The molecule has 146 valence electrons. The summed E-state index contributed by atoms with van der Waals surface area (Å²) in [7, 11) is 0. The molecule has 0 atom stereocenters. The summed E-state index contributed by atoms with van der Waals surface area (Å²) in [4.78, 5) is 21.8. The van der Waals surface area contributed by atoms with E-state index in [9.17, 15) is 4.79 Å². The summed E-state index contributed by atoms with van der Waals surface area (Å²) < 4.78 is 5.34. The smallest absolute Gasteiger partial charge is 0.274 e. The highest BCUT2D eigenvalue weighted by atomic mass is 16.3. The monoisotopic (exact) mass is 395 g/mol. The van der Waals surface area contributed by atoms with Gasteiger partial charge in [-0.15, -0.1) is 0 Å². The molecule has 0 radical (unpaired) electrons. The van der Waals surface area contributed by atoms with Crippen LogP contribution in [0.1, 0.15) is 21.8 Å². The Kier molecular flexibility index (Phi) is 5.49. The number of benzene rings is 2. The Labute approximate surface area is 173 Å². The number of nitriles is 1. The van der Waals surface area contributed by atoms with E-state index in [1.165, 1.54) is 0 Å². The van der Waals surface area contributed by atoms with E-state index >= 15 is 0 Å². The first kappa shape index (κ1) is 18.9. The van der Waals surface area contributed by atoms with Gasteiger partial charge in [0.25, 0.3) is 5.91 Å². The Bertz CT molecular complexity index is 1200. The van der Waals surface area contributed by atoms with Gasteiger partial charge >= 0.3 is 0 Å². The average Bonchev–Trinajstić information content (AvgIpc) is 3.32. The lowest BCUT2D eigenvalue weighted by Gasteiger charge is -2.10. The van der Waals surface area contributed by atoms with Gasteiger partial charge in [-0.3, -0.25) is 4.79 Å². The summed E-state index contributed by atoms with van der Waals surface area (Å²) >= 11 is 0. The summed E-state index contributed by atoms with van der Waals surface area (Å²) in [5.41, 5.74) is 1.97. The second-order valence-corrected chi connectivity index (χ2v) is 6.41. The summed E-state index contributed by atoms with van der Waals surface area (Å²) in [6.07, 6.45) is 1.60. The molecule has 0 aliphatic rings. The third-order valence-corrected chi connectivity index (χ3v) is 4.26. The van der Waals surface area contributed by atoms with E-state index < -0.39 is 5.91 Å². The predicted octanol–water partition coefficient (Wildman–Crippen LogP) is 4.47. The number of carbonyl (C=O) groups excluding carboxylic acids is 1. The second kappa shape index (κ2) is 8.71. The largest absolute Gasteiger partial charge is 0.467 e. The number of nitrogens with one attached hydrogen (secondary N) is 2. The number of hydrogen-bond acceptors (Lipinski definition) is 6. The van der Waals surface area contributed by atoms with Gasteiger partial charge in [-0.05, 0) is 30.3 Å². The van der Waals surface area contributed by atoms with E-state index in [1.54, 1.807) is 42.7 Å². The Morgan fingerprint density at radius 3 is 2.63 bits per heavy atom. The molecule has 2 heterocycles. The molecule has 7 nitrogen and oxygen atoms in total. The van der Waals surface area contributed by atoms with Crippen LogP contribution in [0.2, 0.25) is 0 Å². The van der Waals surface area contributed by atoms with Crippen LogP contribution >= 0.6 is 0 Å². The van der Waals surface area contributed by atoms with Gasteiger partial charge in [0.2, 0.25) is 0 Å². The van der Waals surface area contributed by atoms with Crippen molar-refractivity contribution in [2.75, 3.05) is 10.6 Å². The molecule has 2 aromatic carbocycles. The SMILES string of the molecule is N#Cc1cccc(NC(=O)c2cc(NCc3ccco3)nc(-c3ccccc3)n2)c1. The van der Waals surface area contributed by atoms with Crippen molar-refractivity contribution >= 4 is 17.4 Å². The van der Waals surface area contributed by atoms with Crippen LogP contribution in [0.3, 0.4) is 0 Å². The quantitative estimate of drug-likeness (QED) is 0.499. The van der Waals surface area contributed by atoms with Crippen LogP contribution in [-0.4, -0.2) is 15.9 Å². The van der Waals surface area contributed by atoms with Crippen LogP contribution in [0.25, 0.3) is 11.4 Å². The van der Waals surface area contributed by atoms with Gasteiger partial charge in [-0.25, -0.2) is 9.97 Å². The molecule has 4 aromatic rings. The lowest BCUT2D eigenvalue weighted by molar-refractivity contribution is 0.102. The maximum atomic E-state index is 12.9. The number of rotatable bonds is 6. The van der Waals surface area contributed by atoms with E-state index in [2.05, 4.69) is 26.7 Å². The van der Waals surface area contributed by atoms with Gasteiger partial charge in [0.1, 0.15) is 17.3 Å². The standard InChI is InChI=1S/C23H17N5O2/c24-14-16-6-4-9-18(12-16)26-23(29)20-13-21(25-15-19-10-5-11-30-19)28-22(27-20)17-7-2-1-3-8-17/h1-13H,15H2,(H,26,29)(H,25,27,28). The Morgan fingerprint density at radius 2 is 1.87 bits per heavy atom. The highest BCUT2D eigenvalue weighted by Crippen LogP contribution is 2.19. The fourth-order valence-corrected chi connectivity index (χ4v) is 2.82. The number of aromatic nitrogens is 2. The highest BCUT2D eigenvalue weighted by Gasteiger charge is 2.14. The van der Waals surface area contributed by atoms with Crippen molar-refractivity contribution in [1.29, 1.82) is 5.26 Å². The zero-order chi connectivity index (χ0) is 20.8. The molecule has 0 unspecified atom stereocenters. The molecule has 0 aliphatic carbocycles. The molecule has 0 aliphatic heterocycles. The molecule has 1 amide bonds. The molecule has 2 N–H and O–H groups in total. The molecule has 4 rings (SSSR count). The average molecular weight is 395 g/mol. The Morgan fingerprint density at radius 1 is 1.00 bits per heavy atom. The van der Waals surface area contributed by atoms with Crippen molar-refractivity contribution in [1.82, 2.24) is 9.97 Å². The van der Waals surface area contributed by atoms with Gasteiger partial charge in [0, 0.05) is 17.3 Å². The summed E-state index contributed by atoms with van der Waals surface area (Å²) in [6.45, 7) is 0.420. The second-order valence-electron chi connectivity index (χ2n) is 6.41. The third kappa shape index (κ3) is 4.51. The minimum absolute atomic E-state index is 0.202. The minimum Gasteiger partial charge on any atom is -0.467 e. The molecule has 30 heavy (non-hydrogen) atoms. The van der Waals surface area contributed by atoms with Gasteiger partial charge in [0.05, 0.1) is 24.4 Å². The Hall–Kier alpha value is -4.44. The molecule has 0 bridgehead atoms. The van der Waals surface area contributed by atoms with E-state index in [1.807, 2.05) is 36.4 Å². The lowest BCUT2D eigenvalue weighted by atomic mass is 10.2. The molecule has 0 spiro atoms. The summed E-state index contributed by atoms with van der Waals surface area (Å²) in [6, 6.07) is 23.4. The number of hydrogen-bond donors (Lipinski definition) is 2. The topological polar surface area (TPSA) is 104 Å². The van der Waals surface area contributed by atoms with Crippen LogP contribution in [-0.2, 0) is 6.54 Å². The lowest BCUT2D eigenvalue weighted by Crippen LogP contribution is -2.15. The van der Waals surface area contributed by atoms with E-state index in [4.69, 9.17) is 9.68 Å². The number of nitrogens with zero attached hydrogens (tertiary/aromatic N) is 3.